The lowest BCUT2D eigenvalue weighted by atomic mass is 9.91. The Morgan fingerprint density at radius 3 is 2.69 bits per heavy atom. The predicted octanol–water partition coefficient (Wildman–Crippen LogP) is 3.42. The van der Waals surface area contributed by atoms with Crippen LogP contribution in [0.4, 0.5) is 0 Å². The van der Waals surface area contributed by atoms with Gasteiger partial charge in [0, 0.05) is 5.56 Å². The van der Waals surface area contributed by atoms with Crippen LogP contribution in [-0.2, 0) is 4.74 Å². The smallest absolute Gasteiger partial charge is 0.132 e. The lowest BCUT2D eigenvalue weighted by Crippen LogP contribution is -2.37. The summed E-state index contributed by atoms with van der Waals surface area (Å²) in [6, 6.07) is 6.48. The molecule has 2 aliphatic rings. The van der Waals surface area contributed by atoms with Gasteiger partial charge in [-0.15, -0.1) is 0 Å². The minimum atomic E-state index is -0.184. The van der Waals surface area contributed by atoms with E-state index in [0.29, 0.717) is 5.92 Å². The zero-order valence-electron chi connectivity index (χ0n) is 10.3. The summed E-state index contributed by atoms with van der Waals surface area (Å²) in [5.41, 5.74) is 2.41. The van der Waals surface area contributed by atoms with E-state index in [1.165, 1.54) is 11.1 Å². The van der Waals surface area contributed by atoms with Gasteiger partial charge in [-0.25, -0.2) is 0 Å². The third-order valence-electron chi connectivity index (χ3n) is 3.56. The van der Waals surface area contributed by atoms with Gasteiger partial charge in [-0.3, -0.25) is 0 Å². The highest BCUT2D eigenvalue weighted by Gasteiger charge is 2.56. The molecule has 0 amide bonds. The number of ether oxygens (including phenoxy) is 2. The molecule has 1 aromatic carbocycles. The molecule has 1 fully saturated rings. The number of fused-ring (bicyclic) bond motifs is 3. The molecule has 2 aliphatic heterocycles. The highest BCUT2D eigenvalue weighted by molar-refractivity contribution is 5.45. The summed E-state index contributed by atoms with van der Waals surface area (Å²) in [7, 11) is 0. The van der Waals surface area contributed by atoms with Crippen molar-refractivity contribution in [1.29, 1.82) is 0 Å². The lowest BCUT2D eigenvalue weighted by Gasteiger charge is -2.29. The van der Waals surface area contributed by atoms with Crippen LogP contribution in [0.15, 0.2) is 18.2 Å². The molecule has 3 rings (SSSR count). The van der Waals surface area contributed by atoms with Crippen molar-refractivity contribution < 1.29 is 9.47 Å². The summed E-state index contributed by atoms with van der Waals surface area (Å²) in [5.74, 6) is 1.55. The molecule has 1 aromatic rings. The van der Waals surface area contributed by atoms with Crippen LogP contribution >= 0.6 is 0 Å². The van der Waals surface area contributed by atoms with E-state index in [-0.39, 0.29) is 17.8 Å². The number of hydrogen-bond acceptors (Lipinski definition) is 2. The normalized spacial score (nSPS) is 29.3. The Labute approximate surface area is 96.6 Å². The molecule has 0 radical (unpaired) electrons. The molecule has 86 valence electrons. The van der Waals surface area contributed by atoms with E-state index < -0.39 is 0 Å². The number of benzene rings is 1. The minimum Gasteiger partial charge on any atom is -0.485 e. The zero-order valence-corrected chi connectivity index (χ0v) is 10.3. The van der Waals surface area contributed by atoms with Gasteiger partial charge in [-0.05, 0) is 37.5 Å². The fourth-order valence-corrected chi connectivity index (χ4v) is 2.46. The van der Waals surface area contributed by atoms with Crippen LogP contribution in [0, 0.1) is 0 Å². The average Bonchev–Trinajstić information content (AvgIpc) is 2.97. The Kier molecular flexibility index (Phi) is 1.91. The molecule has 1 saturated heterocycles. The minimum absolute atomic E-state index is 0.184. The second kappa shape index (κ2) is 3.01. The molecule has 16 heavy (non-hydrogen) atoms. The summed E-state index contributed by atoms with van der Waals surface area (Å²) >= 11 is 0. The molecule has 2 atom stereocenters. The largest absolute Gasteiger partial charge is 0.485 e. The second-order valence-electron chi connectivity index (χ2n) is 5.63. The topological polar surface area (TPSA) is 21.8 Å². The molecule has 0 unspecified atom stereocenters. The van der Waals surface area contributed by atoms with E-state index in [0.717, 1.165) is 5.75 Å². The molecule has 0 spiro atoms. The first-order chi connectivity index (χ1) is 7.49. The fourth-order valence-electron chi connectivity index (χ4n) is 2.46. The van der Waals surface area contributed by atoms with Gasteiger partial charge in [0.2, 0.25) is 0 Å². The molecule has 2 heterocycles. The van der Waals surface area contributed by atoms with Crippen molar-refractivity contribution in [1.82, 2.24) is 0 Å². The van der Waals surface area contributed by atoms with Gasteiger partial charge in [-0.2, -0.15) is 0 Å². The molecular formula is C14H18O2. The van der Waals surface area contributed by atoms with Crippen molar-refractivity contribution >= 4 is 0 Å². The first kappa shape index (κ1) is 10.2. The number of rotatable bonds is 1. The van der Waals surface area contributed by atoms with Gasteiger partial charge in [0.25, 0.3) is 0 Å². The molecule has 2 heteroatoms. The number of hydrogen-bond donors (Lipinski definition) is 0. The molecule has 2 nitrogen and oxygen atoms in total. The Morgan fingerprint density at radius 2 is 2.00 bits per heavy atom. The van der Waals surface area contributed by atoms with Gasteiger partial charge < -0.3 is 9.47 Å². The monoisotopic (exact) mass is 218 g/mol. The Bertz CT molecular complexity index is 434. The van der Waals surface area contributed by atoms with Crippen molar-refractivity contribution in [2.75, 3.05) is 0 Å². The van der Waals surface area contributed by atoms with Crippen molar-refractivity contribution in [2.45, 2.75) is 51.4 Å². The highest BCUT2D eigenvalue weighted by atomic mass is 16.6. The summed E-state index contributed by atoms with van der Waals surface area (Å²) in [5, 5.41) is 0. The van der Waals surface area contributed by atoms with Crippen LogP contribution in [0.25, 0.3) is 0 Å². The van der Waals surface area contributed by atoms with Crippen molar-refractivity contribution in [3.05, 3.63) is 29.3 Å². The van der Waals surface area contributed by atoms with Crippen LogP contribution in [0.5, 0.6) is 5.75 Å². The van der Waals surface area contributed by atoms with E-state index in [9.17, 15) is 0 Å². The average molecular weight is 218 g/mol. The Hall–Kier alpha value is -1.02. The molecule has 0 saturated carbocycles. The van der Waals surface area contributed by atoms with Crippen LogP contribution in [0.3, 0.4) is 0 Å². The Balaban J connectivity index is 2.03. The third kappa shape index (κ3) is 1.36. The highest BCUT2D eigenvalue weighted by Crippen LogP contribution is 2.53. The van der Waals surface area contributed by atoms with E-state index in [4.69, 9.17) is 9.47 Å². The maximum absolute atomic E-state index is 5.98. The fraction of sp³-hybridized carbons (Fsp3) is 0.571. The summed E-state index contributed by atoms with van der Waals surface area (Å²) < 4.78 is 11.7. The summed E-state index contributed by atoms with van der Waals surface area (Å²) in [6.45, 7) is 8.61. The predicted molar refractivity (Wildman–Crippen MR) is 62.9 cm³/mol. The maximum atomic E-state index is 5.98. The molecule has 0 bridgehead atoms. The van der Waals surface area contributed by atoms with Crippen molar-refractivity contribution in [3.63, 3.8) is 0 Å². The van der Waals surface area contributed by atoms with Crippen LogP contribution in [0.1, 0.15) is 50.8 Å². The van der Waals surface area contributed by atoms with Crippen LogP contribution in [0.2, 0.25) is 0 Å². The van der Waals surface area contributed by atoms with Crippen molar-refractivity contribution in [3.8, 4) is 5.75 Å². The standard InChI is InChI=1S/C14H18O2/c1-8(2)9-5-6-11-10(7-9)12-13(15-12)14(3,4)16-11/h5-8,12-13H,1-4H3/t12-,13+/m0/s1. The van der Waals surface area contributed by atoms with E-state index in [2.05, 4.69) is 45.9 Å². The quantitative estimate of drug-likeness (QED) is 0.674. The van der Waals surface area contributed by atoms with Crippen LogP contribution in [-0.4, -0.2) is 11.7 Å². The summed E-state index contributed by atoms with van der Waals surface area (Å²) in [6.07, 6.45) is 0.500. The first-order valence-electron chi connectivity index (χ1n) is 5.97. The maximum Gasteiger partial charge on any atom is 0.132 e. The van der Waals surface area contributed by atoms with Gasteiger partial charge >= 0.3 is 0 Å². The first-order valence-corrected chi connectivity index (χ1v) is 5.97. The van der Waals surface area contributed by atoms with Gasteiger partial charge in [0.15, 0.2) is 0 Å². The third-order valence-corrected chi connectivity index (χ3v) is 3.56. The van der Waals surface area contributed by atoms with E-state index in [1.807, 2.05) is 0 Å². The lowest BCUT2D eigenvalue weighted by molar-refractivity contribution is 0.0725. The van der Waals surface area contributed by atoms with Crippen LogP contribution < -0.4 is 4.74 Å². The summed E-state index contributed by atoms with van der Waals surface area (Å²) in [4.78, 5) is 0. The molecular weight excluding hydrogens is 200 g/mol. The molecule has 0 aromatic heterocycles. The van der Waals surface area contributed by atoms with E-state index >= 15 is 0 Å². The van der Waals surface area contributed by atoms with Gasteiger partial charge in [0.05, 0.1) is 0 Å². The van der Waals surface area contributed by atoms with Gasteiger partial charge in [-0.1, -0.05) is 19.9 Å². The molecule has 0 aliphatic carbocycles. The zero-order chi connectivity index (χ0) is 11.5. The van der Waals surface area contributed by atoms with E-state index in [1.54, 1.807) is 0 Å². The van der Waals surface area contributed by atoms with Crippen molar-refractivity contribution in [2.24, 2.45) is 0 Å². The van der Waals surface area contributed by atoms with Gasteiger partial charge in [0.1, 0.15) is 23.6 Å². The SMILES string of the molecule is CC(C)c1ccc2c(c1)[C@@H]1O[C@H]1C(C)(C)O2. The molecule has 0 N–H and O–H groups in total. The Morgan fingerprint density at radius 1 is 1.25 bits per heavy atom. The second-order valence-corrected chi connectivity index (χ2v) is 5.63. The number of epoxide rings is 1.